The van der Waals surface area contributed by atoms with Gasteiger partial charge in [-0.05, 0) is 54.9 Å². The first-order chi connectivity index (χ1) is 17.4. The van der Waals surface area contributed by atoms with Crippen LogP contribution in [0.3, 0.4) is 0 Å². The van der Waals surface area contributed by atoms with E-state index in [0.717, 1.165) is 18.5 Å². The minimum Gasteiger partial charge on any atom is -0.326 e. The largest absolute Gasteiger partial charge is 0.326 e. The summed E-state index contributed by atoms with van der Waals surface area (Å²) in [7, 11) is 2.04. The molecule has 36 heavy (non-hydrogen) atoms. The second kappa shape index (κ2) is 10.6. The van der Waals surface area contributed by atoms with Crippen molar-refractivity contribution >= 4 is 35.0 Å². The molecule has 2 amide bonds. The van der Waals surface area contributed by atoms with Crippen molar-refractivity contribution in [2.45, 2.75) is 31.0 Å². The summed E-state index contributed by atoms with van der Waals surface area (Å²) in [5, 5.41) is 0.907. The molecule has 5 rings (SSSR count). The van der Waals surface area contributed by atoms with Gasteiger partial charge >= 0.3 is 0 Å². The van der Waals surface area contributed by atoms with Gasteiger partial charge in [0.05, 0.1) is 18.6 Å². The number of hydrogen-bond acceptors (Lipinski definition) is 4. The Morgan fingerprint density at radius 2 is 1.78 bits per heavy atom. The average molecular weight is 524 g/mol. The van der Waals surface area contributed by atoms with Crippen LogP contribution in [0.4, 0.5) is 0 Å². The lowest BCUT2D eigenvalue weighted by Crippen LogP contribution is -2.52. The first-order valence-electron chi connectivity index (χ1n) is 11.9. The first kappa shape index (κ1) is 24.8. The van der Waals surface area contributed by atoms with Crippen LogP contribution >= 0.6 is 23.2 Å². The number of fused-ring (bicyclic) bond motifs is 1. The zero-order valence-corrected chi connectivity index (χ0v) is 21.4. The fourth-order valence-electron chi connectivity index (χ4n) is 5.27. The van der Waals surface area contributed by atoms with Crippen LogP contribution in [0.15, 0.2) is 72.8 Å². The van der Waals surface area contributed by atoms with E-state index in [2.05, 4.69) is 10.4 Å². The minimum absolute atomic E-state index is 0.0619. The second-order valence-electron chi connectivity index (χ2n) is 9.33. The maximum atomic E-state index is 13.9. The molecule has 3 aromatic rings. The van der Waals surface area contributed by atoms with Crippen molar-refractivity contribution < 1.29 is 14.4 Å². The van der Waals surface area contributed by atoms with Crippen molar-refractivity contribution in [1.82, 2.24) is 15.3 Å². The van der Waals surface area contributed by atoms with E-state index in [1.807, 2.05) is 66.5 Å². The summed E-state index contributed by atoms with van der Waals surface area (Å²) >= 11 is 12.9. The van der Waals surface area contributed by atoms with E-state index in [-0.39, 0.29) is 24.5 Å². The molecular weight excluding hydrogens is 497 g/mol. The summed E-state index contributed by atoms with van der Waals surface area (Å²) < 4.78 is 0. The molecule has 2 aliphatic rings. The van der Waals surface area contributed by atoms with Crippen molar-refractivity contribution in [3.63, 3.8) is 0 Å². The van der Waals surface area contributed by atoms with Gasteiger partial charge in [0.25, 0.3) is 11.8 Å². The molecule has 0 spiro atoms. The number of likely N-dealkylation sites (tertiary alicyclic amines) is 1. The van der Waals surface area contributed by atoms with E-state index in [4.69, 9.17) is 28.0 Å². The molecule has 6 nitrogen and oxygen atoms in total. The van der Waals surface area contributed by atoms with Gasteiger partial charge in [-0.25, -0.2) is 5.48 Å². The summed E-state index contributed by atoms with van der Waals surface area (Å²) in [5.41, 5.74) is 5.45. The summed E-state index contributed by atoms with van der Waals surface area (Å²) in [6, 6.07) is 21.4. The predicted octanol–water partition coefficient (Wildman–Crippen LogP) is 5.23. The number of hydroxylamine groups is 1. The molecule has 3 atom stereocenters. The Balaban J connectivity index is 1.56. The zero-order valence-electron chi connectivity index (χ0n) is 19.9. The van der Waals surface area contributed by atoms with E-state index >= 15 is 0 Å². The highest BCUT2D eigenvalue weighted by Gasteiger charge is 2.48. The number of carbonyl (C=O) groups excluding carboxylic acids is 2. The number of benzene rings is 3. The van der Waals surface area contributed by atoms with Crippen LogP contribution < -0.4 is 5.48 Å². The fourth-order valence-corrected chi connectivity index (χ4v) is 5.79. The first-order valence-corrected chi connectivity index (χ1v) is 12.7. The molecule has 1 fully saturated rings. The topological polar surface area (TPSA) is 61.9 Å². The second-order valence-corrected chi connectivity index (χ2v) is 10.2. The maximum absolute atomic E-state index is 13.9. The van der Waals surface area contributed by atoms with Gasteiger partial charge in [0.1, 0.15) is 0 Å². The lowest BCUT2D eigenvalue weighted by Gasteiger charge is -2.45. The fraction of sp³-hybridized carbons (Fsp3) is 0.286. The lowest BCUT2D eigenvalue weighted by molar-refractivity contribution is -0.138. The van der Waals surface area contributed by atoms with Crippen LogP contribution in [-0.2, 0) is 16.2 Å². The highest BCUT2D eigenvalue weighted by molar-refractivity contribution is 6.35. The molecule has 0 bridgehead atoms. The number of rotatable bonds is 6. The Bertz CT molecular complexity index is 1270. The summed E-state index contributed by atoms with van der Waals surface area (Å²) in [6.45, 7) is 1.81. The smallest absolute Gasteiger partial charge is 0.255 e. The molecule has 3 aromatic carbocycles. The average Bonchev–Trinajstić information content (AvgIpc) is 3.30. The molecular formula is C28H27Cl2N3O3. The minimum atomic E-state index is -0.723. The lowest BCUT2D eigenvalue weighted by atomic mass is 9.78. The summed E-state index contributed by atoms with van der Waals surface area (Å²) in [5.74, 6) is -1.16. The summed E-state index contributed by atoms with van der Waals surface area (Å²) in [6.07, 6.45) is 0.810. The van der Waals surface area contributed by atoms with Crippen molar-refractivity contribution in [3.8, 4) is 0 Å². The molecule has 8 heteroatoms. The van der Waals surface area contributed by atoms with E-state index in [0.29, 0.717) is 33.3 Å². The Morgan fingerprint density at radius 3 is 2.50 bits per heavy atom. The van der Waals surface area contributed by atoms with Crippen molar-refractivity contribution in [3.05, 3.63) is 105 Å². The van der Waals surface area contributed by atoms with E-state index < -0.39 is 12.0 Å². The van der Waals surface area contributed by atoms with Crippen LogP contribution in [0.1, 0.15) is 45.4 Å². The van der Waals surface area contributed by atoms with Gasteiger partial charge in [0.2, 0.25) is 0 Å². The molecule has 0 radical (unpaired) electrons. The van der Waals surface area contributed by atoms with Crippen molar-refractivity contribution in [1.29, 1.82) is 0 Å². The number of nitrogens with zero attached hydrogens (tertiary/aromatic N) is 2. The number of likely N-dealkylation sites (N-methyl/N-ethyl adjacent to an activating group) is 1. The third-order valence-electron chi connectivity index (χ3n) is 6.95. The number of nitrogens with one attached hydrogen (secondary N) is 1. The summed E-state index contributed by atoms with van der Waals surface area (Å²) in [4.78, 5) is 37.4. The SMILES string of the molecule is CN1CC[C@H](N2C(=O)c3ccccc3[C@@H](C(=O)NOCc3ccccc3)[C@@H]2c2ccc(Cl)cc2Cl)C1. The molecule has 186 valence electrons. The molecule has 1 saturated heterocycles. The van der Waals surface area contributed by atoms with E-state index in [1.54, 1.807) is 18.2 Å². The molecule has 0 saturated carbocycles. The molecule has 0 aromatic heterocycles. The quantitative estimate of drug-likeness (QED) is 0.449. The van der Waals surface area contributed by atoms with Crippen LogP contribution in [0.25, 0.3) is 0 Å². The molecule has 2 aliphatic heterocycles. The van der Waals surface area contributed by atoms with Gasteiger partial charge in [0.15, 0.2) is 0 Å². The van der Waals surface area contributed by atoms with Crippen LogP contribution in [0.2, 0.25) is 10.0 Å². The molecule has 0 aliphatic carbocycles. The van der Waals surface area contributed by atoms with Gasteiger partial charge in [-0.3, -0.25) is 14.4 Å². The Morgan fingerprint density at radius 1 is 1.03 bits per heavy atom. The van der Waals surface area contributed by atoms with Crippen molar-refractivity contribution in [2.75, 3.05) is 20.1 Å². The maximum Gasteiger partial charge on any atom is 0.255 e. The third-order valence-corrected chi connectivity index (χ3v) is 7.52. The number of carbonyl (C=O) groups is 2. The number of hydrogen-bond donors (Lipinski definition) is 1. The highest BCUT2D eigenvalue weighted by atomic mass is 35.5. The predicted molar refractivity (Wildman–Crippen MR) is 140 cm³/mol. The standard InChI is InChI=1S/C28H27Cl2N3O3/c1-32-14-13-20(16-32)33-26(23-12-11-19(29)15-24(23)30)25(21-9-5-6-10-22(21)28(33)35)27(34)31-36-17-18-7-3-2-4-8-18/h2-12,15,20,25-26H,13-14,16-17H2,1H3,(H,31,34)/t20-,25+,26-/m0/s1. The van der Waals surface area contributed by atoms with Crippen LogP contribution in [0.5, 0.6) is 0 Å². The van der Waals surface area contributed by atoms with Crippen LogP contribution in [-0.4, -0.2) is 47.8 Å². The monoisotopic (exact) mass is 523 g/mol. The van der Waals surface area contributed by atoms with Gasteiger partial charge in [-0.1, -0.05) is 77.8 Å². The number of amides is 2. The Kier molecular flexibility index (Phi) is 7.30. The van der Waals surface area contributed by atoms with Crippen LogP contribution in [0, 0.1) is 0 Å². The van der Waals surface area contributed by atoms with Gasteiger partial charge in [0, 0.05) is 28.2 Å². The molecule has 0 unspecified atom stereocenters. The number of halogens is 2. The van der Waals surface area contributed by atoms with Gasteiger partial charge < -0.3 is 9.80 Å². The normalized spacial score (nSPS) is 21.9. The van der Waals surface area contributed by atoms with Gasteiger partial charge in [-0.15, -0.1) is 0 Å². The van der Waals surface area contributed by atoms with E-state index in [9.17, 15) is 9.59 Å². The van der Waals surface area contributed by atoms with Crippen molar-refractivity contribution in [2.24, 2.45) is 0 Å². The zero-order chi connectivity index (χ0) is 25.2. The Hall–Kier alpha value is -2.90. The highest BCUT2D eigenvalue weighted by Crippen LogP contribution is 2.47. The van der Waals surface area contributed by atoms with Gasteiger partial charge in [-0.2, -0.15) is 0 Å². The Labute approximate surface area is 220 Å². The third kappa shape index (κ3) is 4.87. The molecule has 1 N–H and O–H groups in total. The van der Waals surface area contributed by atoms with E-state index in [1.165, 1.54) is 0 Å². The molecule has 2 heterocycles.